The second kappa shape index (κ2) is 10.7. The second-order valence-electron chi connectivity index (χ2n) is 7.63. The standard InChI is InChI=1S/C13H22N2O3.C7H8N4O/c14-8-11(16)15(10-6-7-10)12(13(17)18)9-4-2-1-3-5-9;8-6(9)5-2-1-4(3-11-5)7(10)12/h9-10,12H,1-8,14H2,(H,17,18);1-3H,(H3,8,9)(H2,10,12). The SMILES string of the molecule is N=C(N)c1ccc(C(N)=O)cn1.NCC(=O)N(C1CC1)C(C(=O)O)C1CCCCC1. The molecule has 2 saturated carbocycles. The van der Waals surface area contributed by atoms with E-state index in [4.69, 9.17) is 22.6 Å². The van der Waals surface area contributed by atoms with Gasteiger partial charge in [0.1, 0.15) is 17.6 Å². The van der Waals surface area contributed by atoms with Gasteiger partial charge in [-0.3, -0.25) is 20.0 Å². The van der Waals surface area contributed by atoms with Gasteiger partial charge in [-0.25, -0.2) is 4.79 Å². The predicted octanol–water partition coefficient (Wildman–Crippen LogP) is 0.434. The molecule has 0 saturated heterocycles. The highest BCUT2D eigenvalue weighted by atomic mass is 16.4. The van der Waals surface area contributed by atoms with Crippen molar-refractivity contribution in [1.29, 1.82) is 5.41 Å². The molecule has 10 heteroatoms. The molecule has 0 spiro atoms. The molecule has 3 rings (SSSR count). The average Bonchev–Trinajstić information content (AvgIpc) is 3.57. The Hall–Kier alpha value is -3.01. The molecule has 0 aromatic carbocycles. The number of aliphatic carboxylic acids is 1. The van der Waals surface area contributed by atoms with Crippen molar-refractivity contribution in [3.8, 4) is 0 Å². The highest BCUT2D eigenvalue weighted by Crippen LogP contribution is 2.35. The molecule has 1 heterocycles. The molecule has 164 valence electrons. The van der Waals surface area contributed by atoms with Gasteiger partial charge in [0.15, 0.2) is 0 Å². The van der Waals surface area contributed by atoms with Crippen LogP contribution in [0, 0.1) is 11.3 Å². The van der Waals surface area contributed by atoms with E-state index in [0.29, 0.717) is 11.3 Å². The van der Waals surface area contributed by atoms with Crippen LogP contribution < -0.4 is 17.2 Å². The van der Waals surface area contributed by atoms with E-state index in [9.17, 15) is 19.5 Å². The van der Waals surface area contributed by atoms with E-state index in [1.807, 2.05) is 0 Å². The third kappa shape index (κ3) is 6.24. The number of pyridine rings is 1. The summed E-state index contributed by atoms with van der Waals surface area (Å²) in [7, 11) is 0. The lowest BCUT2D eigenvalue weighted by molar-refractivity contribution is -0.153. The van der Waals surface area contributed by atoms with Crippen LogP contribution in [-0.2, 0) is 9.59 Å². The topological polar surface area (TPSA) is 189 Å². The summed E-state index contributed by atoms with van der Waals surface area (Å²) < 4.78 is 0. The molecule has 2 aliphatic carbocycles. The number of carbonyl (C=O) groups excluding carboxylic acids is 2. The molecule has 2 aliphatic rings. The van der Waals surface area contributed by atoms with Gasteiger partial charge in [-0.2, -0.15) is 0 Å². The van der Waals surface area contributed by atoms with Crippen molar-refractivity contribution in [1.82, 2.24) is 9.88 Å². The van der Waals surface area contributed by atoms with E-state index in [0.717, 1.165) is 38.5 Å². The minimum Gasteiger partial charge on any atom is -0.480 e. The van der Waals surface area contributed by atoms with Gasteiger partial charge in [-0.05, 0) is 43.7 Å². The summed E-state index contributed by atoms with van der Waals surface area (Å²) in [5.41, 5.74) is 16.2. The Kier molecular flexibility index (Phi) is 8.28. The molecule has 1 aromatic rings. The van der Waals surface area contributed by atoms with Gasteiger partial charge in [-0.1, -0.05) is 19.3 Å². The zero-order valence-electron chi connectivity index (χ0n) is 16.9. The van der Waals surface area contributed by atoms with E-state index >= 15 is 0 Å². The van der Waals surface area contributed by atoms with Crippen molar-refractivity contribution >= 4 is 23.6 Å². The van der Waals surface area contributed by atoms with Crippen molar-refractivity contribution in [2.24, 2.45) is 23.1 Å². The number of nitrogens with one attached hydrogen (secondary N) is 1. The first kappa shape index (κ1) is 23.3. The zero-order valence-corrected chi connectivity index (χ0v) is 16.9. The molecule has 0 aliphatic heterocycles. The lowest BCUT2D eigenvalue weighted by Crippen LogP contribution is -2.52. The number of nitrogens with zero attached hydrogens (tertiary/aromatic N) is 2. The molecule has 1 unspecified atom stereocenters. The van der Waals surface area contributed by atoms with Crippen LogP contribution in [-0.4, -0.2) is 57.2 Å². The van der Waals surface area contributed by atoms with Crippen molar-refractivity contribution in [2.75, 3.05) is 6.54 Å². The molecule has 8 N–H and O–H groups in total. The molecule has 1 aromatic heterocycles. The van der Waals surface area contributed by atoms with E-state index in [1.54, 1.807) is 4.90 Å². The van der Waals surface area contributed by atoms with E-state index in [1.165, 1.54) is 24.8 Å². The summed E-state index contributed by atoms with van der Waals surface area (Å²) in [5, 5.41) is 16.5. The Balaban J connectivity index is 0.000000232. The maximum atomic E-state index is 11.9. The van der Waals surface area contributed by atoms with Gasteiger partial charge in [0.05, 0.1) is 12.1 Å². The first-order valence-corrected chi connectivity index (χ1v) is 10.1. The summed E-state index contributed by atoms with van der Waals surface area (Å²) >= 11 is 0. The number of primary amides is 1. The largest absolute Gasteiger partial charge is 0.480 e. The van der Waals surface area contributed by atoms with Crippen molar-refractivity contribution in [3.05, 3.63) is 29.6 Å². The highest BCUT2D eigenvalue weighted by Gasteiger charge is 2.43. The lowest BCUT2D eigenvalue weighted by atomic mass is 9.83. The molecule has 1 atom stereocenters. The molecule has 30 heavy (non-hydrogen) atoms. The number of hydrogen-bond donors (Lipinski definition) is 5. The van der Waals surface area contributed by atoms with Crippen LogP contribution in [0.5, 0.6) is 0 Å². The van der Waals surface area contributed by atoms with Gasteiger partial charge in [0.25, 0.3) is 0 Å². The second-order valence-corrected chi connectivity index (χ2v) is 7.63. The fourth-order valence-corrected chi connectivity index (χ4v) is 3.74. The van der Waals surface area contributed by atoms with Crippen molar-refractivity contribution < 1.29 is 19.5 Å². The van der Waals surface area contributed by atoms with Crippen LogP contribution >= 0.6 is 0 Å². The minimum atomic E-state index is -0.865. The summed E-state index contributed by atoms with van der Waals surface area (Å²) in [5.74, 6) is -1.65. The quantitative estimate of drug-likeness (QED) is 0.313. The molecule has 0 bridgehead atoms. The maximum Gasteiger partial charge on any atom is 0.326 e. The number of nitrogens with two attached hydrogens (primary N) is 3. The lowest BCUT2D eigenvalue weighted by Gasteiger charge is -2.36. The number of amidine groups is 1. The zero-order chi connectivity index (χ0) is 22.3. The van der Waals surface area contributed by atoms with Gasteiger partial charge in [-0.15, -0.1) is 0 Å². The van der Waals surface area contributed by atoms with Gasteiger partial charge in [0, 0.05) is 12.2 Å². The number of nitrogen functional groups attached to an aromatic ring is 1. The fourth-order valence-electron chi connectivity index (χ4n) is 3.74. The number of rotatable bonds is 7. The Morgan fingerprint density at radius 2 is 1.77 bits per heavy atom. The van der Waals surface area contributed by atoms with Crippen LogP contribution in [0.1, 0.15) is 61.0 Å². The van der Waals surface area contributed by atoms with Gasteiger partial charge >= 0.3 is 5.97 Å². The molecule has 10 nitrogen and oxygen atoms in total. The Bertz CT molecular complexity index is 739. The summed E-state index contributed by atoms with van der Waals surface area (Å²) in [6.45, 7) is -0.0903. The first-order valence-electron chi connectivity index (χ1n) is 10.1. The normalized spacial score (nSPS) is 17.2. The highest BCUT2D eigenvalue weighted by molar-refractivity contribution is 5.95. The molecule has 2 fully saturated rings. The van der Waals surface area contributed by atoms with E-state index in [2.05, 4.69) is 4.98 Å². The van der Waals surface area contributed by atoms with Crippen LogP contribution in [0.4, 0.5) is 0 Å². The number of hydrogen-bond acceptors (Lipinski definition) is 6. The Morgan fingerprint density at radius 3 is 2.17 bits per heavy atom. The molecular weight excluding hydrogens is 388 g/mol. The predicted molar refractivity (Wildman–Crippen MR) is 111 cm³/mol. The third-order valence-electron chi connectivity index (χ3n) is 5.38. The number of carboxylic acids is 1. The monoisotopic (exact) mass is 418 g/mol. The molecule has 2 amide bonds. The number of carboxylic acid groups (broad SMARTS) is 1. The molecular formula is C20H30N6O4. The van der Waals surface area contributed by atoms with Crippen LogP contribution in [0.25, 0.3) is 0 Å². The van der Waals surface area contributed by atoms with Crippen LogP contribution in [0.3, 0.4) is 0 Å². The Labute approximate surface area is 175 Å². The van der Waals surface area contributed by atoms with E-state index < -0.39 is 17.9 Å². The molecule has 0 radical (unpaired) electrons. The maximum absolute atomic E-state index is 11.9. The summed E-state index contributed by atoms with van der Waals surface area (Å²) in [4.78, 5) is 39.4. The van der Waals surface area contributed by atoms with Crippen molar-refractivity contribution in [2.45, 2.75) is 57.0 Å². The average molecular weight is 418 g/mol. The van der Waals surface area contributed by atoms with E-state index in [-0.39, 0.29) is 30.2 Å². The third-order valence-corrected chi connectivity index (χ3v) is 5.38. The first-order chi connectivity index (χ1) is 14.3. The van der Waals surface area contributed by atoms with Crippen LogP contribution in [0.2, 0.25) is 0 Å². The Morgan fingerprint density at radius 1 is 1.13 bits per heavy atom. The number of carbonyl (C=O) groups is 3. The summed E-state index contributed by atoms with van der Waals surface area (Å²) in [6.07, 6.45) is 8.28. The van der Waals surface area contributed by atoms with Gasteiger partial charge in [0.2, 0.25) is 11.8 Å². The number of aromatic nitrogens is 1. The number of amides is 2. The van der Waals surface area contributed by atoms with Crippen LogP contribution in [0.15, 0.2) is 18.3 Å². The van der Waals surface area contributed by atoms with Crippen molar-refractivity contribution in [3.63, 3.8) is 0 Å². The minimum absolute atomic E-state index is 0.0903. The fraction of sp³-hybridized carbons (Fsp3) is 0.550. The smallest absolute Gasteiger partial charge is 0.326 e. The van der Waals surface area contributed by atoms with Gasteiger partial charge < -0.3 is 27.2 Å². The summed E-state index contributed by atoms with van der Waals surface area (Å²) in [6, 6.07) is 2.41.